The summed E-state index contributed by atoms with van der Waals surface area (Å²) >= 11 is 2.17. The molecule has 0 unspecified atom stereocenters. The first kappa shape index (κ1) is 14.6. The van der Waals surface area contributed by atoms with Crippen molar-refractivity contribution in [3.63, 3.8) is 0 Å². The maximum atomic E-state index is 8.59. The van der Waals surface area contributed by atoms with Crippen LogP contribution in [-0.2, 0) is 6.61 Å². The van der Waals surface area contributed by atoms with Gasteiger partial charge < -0.3 is 14.7 Å². The second-order valence-electron chi connectivity index (χ2n) is 4.05. The number of hydrogen-bond donors (Lipinski definition) is 1. The number of halogens is 1. The third-order valence-corrected chi connectivity index (χ3v) is 3.49. The Balaban J connectivity index is 2.22. The fourth-order valence-electron chi connectivity index (χ4n) is 1.75. The predicted octanol–water partition coefficient (Wildman–Crippen LogP) is 3.69. The van der Waals surface area contributed by atoms with Gasteiger partial charge in [0.05, 0.1) is 16.9 Å². The first-order valence-electron chi connectivity index (χ1n) is 5.96. The number of nitrogens with zero attached hydrogens (tertiary/aromatic N) is 1. The summed E-state index contributed by atoms with van der Waals surface area (Å²) in [5.41, 5.74) is 1.84. The summed E-state index contributed by atoms with van der Waals surface area (Å²) in [6.45, 7) is 0.473. The van der Waals surface area contributed by atoms with Crippen molar-refractivity contribution in [3.8, 4) is 11.5 Å². The van der Waals surface area contributed by atoms with Crippen molar-refractivity contribution in [1.29, 1.82) is 0 Å². The van der Waals surface area contributed by atoms with Gasteiger partial charge in [0.15, 0.2) is 11.5 Å². The Bertz CT molecular complexity index is 600. The van der Waals surface area contributed by atoms with E-state index in [0.717, 1.165) is 14.7 Å². The van der Waals surface area contributed by atoms with E-state index in [9.17, 15) is 0 Å². The van der Waals surface area contributed by atoms with E-state index < -0.39 is 0 Å². The normalized spacial score (nSPS) is 10.7. The summed E-state index contributed by atoms with van der Waals surface area (Å²) in [7, 11) is 1.58. The van der Waals surface area contributed by atoms with Gasteiger partial charge in [0, 0.05) is 5.56 Å². The molecule has 0 heterocycles. The van der Waals surface area contributed by atoms with Crippen LogP contribution in [0.25, 0.3) is 0 Å². The molecule has 0 aliphatic rings. The van der Waals surface area contributed by atoms with E-state index in [1.807, 2.05) is 36.4 Å². The molecule has 1 N–H and O–H groups in total. The van der Waals surface area contributed by atoms with Crippen LogP contribution in [0.4, 0.5) is 0 Å². The highest BCUT2D eigenvalue weighted by molar-refractivity contribution is 14.1. The van der Waals surface area contributed by atoms with Gasteiger partial charge in [-0.1, -0.05) is 35.5 Å². The summed E-state index contributed by atoms with van der Waals surface area (Å²) in [4.78, 5) is 0. The Morgan fingerprint density at radius 1 is 1.25 bits per heavy atom. The fraction of sp³-hybridized carbons (Fsp3) is 0.133. The van der Waals surface area contributed by atoms with Crippen LogP contribution >= 0.6 is 22.6 Å². The molecule has 5 heteroatoms. The molecule has 20 heavy (non-hydrogen) atoms. The topological polar surface area (TPSA) is 51.0 Å². The number of benzene rings is 2. The number of rotatable bonds is 5. The molecule has 0 saturated carbocycles. The van der Waals surface area contributed by atoms with E-state index in [2.05, 4.69) is 27.7 Å². The van der Waals surface area contributed by atoms with Crippen molar-refractivity contribution < 1.29 is 14.7 Å². The van der Waals surface area contributed by atoms with Crippen molar-refractivity contribution in [2.45, 2.75) is 6.61 Å². The molecular formula is C15H14INO3. The SMILES string of the molecule is COc1cc(/C=N/O)cc(I)c1OCc1ccccc1. The van der Waals surface area contributed by atoms with Gasteiger partial charge in [-0.15, -0.1) is 0 Å². The van der Waals surface area contributed by atoms with Crippen molar-refractivity contribution in [3.05, 3.63) is 57.2 Å². The lowest BCUT2D eigenvalue weighted by Crippen LogP contribution is -2.00. The third-order valence-electron chi connectivity index (χ3n) is 2.68. The first-order chi connectivity index (χ1) is 9.74. The number of hydrogen-bond acceptors (Lipinski definition) is 4. The molecule has 0 atom stereocenters. The van der Waals surface area contributed by atoms with Crippen LogP contribution < -0.4 is 9.47 Å². The zero-order chi connectivity index (χ0) is 14.4. The predicted molar refractivity (Wildman–Crippen MR) is 85.9 cm³/mol. The number of oxime groups is 1. The molecule has 2 aromatic carbocycles. The fourth-order valence-corrected chi connectivity index (χ4v) is 2.53. The first-order valence-corrected chi connectivity index (χ1v) is 7.04. The van der Waals surface area contributed by atoms with E-state index >= 15 is 0 Å². The average molecular weight is 383 g/mol. The van der Waals surface area contributed by atoms with Gasteiger partial charge in [-0.25, -0.2) is 0 Å². The maximum absolute atomic E-state index is 8.59. The largest absolute Gasteiger partial charge is 0.493 e. The molecule has 104 valence electrons. The lowest BCUT2D eigenvalue weighted by atomic mass is 10.2. The zero-order valence-corrected chi connectivity index (χ0v) is 13.1. The lowest BCUT2D eigenvalue weighted by Gasteiger charge is -2.13. The summed E-state index contributed by atoms with van der Waals surface area (Å²) < 4.78 is 12.1. The van der Waals surface area contributed by atoms with Crippen LogP contribution in [-0.4, -0.2) is 18.5 Å². The standard InChI is InChI=1S/C15H14INO3/c1-19-14-8-12(9-17-18)7-13(16)15(14)20-10-11-5-3-2-4-6-11/h2-9,18H,10H2,1H3/b17-9+. The quantitative estimate of drug-likeness (QED) is 0.371. The van der Waals surface area contributed by atoms with Crippen LogP contribution in [0.1, 0.15) is 11.1 Å². The highest BCUT2D eigenvalue weighted by atomic mass is 127. The second-order valence-corrected chi connectivity index (χ2v) is 5.22. The van der Waals surface area contributed by atoms with Crippen LogP contribution in [0, 0.1) is 3.57 Å². The van der Waals surface area contributed by atoms with Crippen LogP contribution in [0.15, 0.2) is 47.6 Å². The Hall–Kier alpha value is -1.76. The highest BCUT2D eigenvalue weighted by Crippen LogP contribution is 2.34. The minimum atomic E-state index is 0.473. The van der Waals surface area contributed by atoms with Crippen molar-refractivity contribution in [2.75, 3.05) is 7.11 Å². The molecule has 0 saturated heterocycles. The van der Waals surface area contributed by atoms with Gasteiger partial charge in [-0.05, 0) is 40.3 Å². The number of ether oxygens (including phenoxy) is 2. The van der Waals surface area contributed by atoms with E-state index in [0.29, 0.717) is 18.1 Å². The van der Waals surface area contributed by atoms with E-state index in [1.54, 1.807) is 13.2 Å². The smallest absolute Gasteiger partial charge is 0.174 e. The van der Waals surface area contributed by atoms with Crippen LogP contribution in [0.3, 0.4) is 0 Å². The van der Waals surface area contributed by atoms with Crippen LogP contribution in [0.5, 0.6) is 11.5 Å². The molecule has 4 nitrogen and oxygen atoms in total. The lowest BCUT2D eigenvalue weighted by molar-refractivity contribution is 0.282. The minimum Gasteiger partial charge on any atom is -0.493 e. The Morgan fingerprint density at radius 2 is 2.00 bits per heavy atom. The summed E-state index contributed by atoms with van der Waals surface area (Å²) in [6.07, 6.45) is 1.35. The van der Waals surface area contributed by atoms with Crippen molar-refractivity contribution in [2.24, 2.45) is 5.16 Å². The third kappa shape index (κ3) is 3.63. The molecule has 0 aliphatic carbocycles. The average Bonchev–Trinajstić information content (AvgIpc) is 2.47. The molecule has 0 radical (unpaired) electrons. The molecule has 0 bridgehead atoms. The van der Waals surface area contributed by atoms with Crippen molar-refractivity contribution >= 4 is 28.8 Å². The minimum absolute atomic E-state index is 0.473. The van der Waals surface area contributed by atoms with Gasteiger partial charge in [0.25, 0.3) is 0 Å². The molecule has 0 fully saturated rings. The van der Waals surface area contributed by atoms with E-state index in [-0.39, 0.29) is 0 Å². The summed E-state index contributed by atoms with van der Waals surface area (Å²) in [6, 6.07) is 13.6. The Morgan fingerprint density at radius 3 is 2.65 bits per heavy atom. The Kier molecular flexibility index (Phi) is 5.23. The molecule has 0 aliphatic heterocycles. The molecule has 2 aromatic rings. The molecule has 0 amide bonds. The molecular weight excluding hydrogens is 369 g/mol. The number of methoxy groups -OCH3 is 1. The molecule has 0 spiro atoms. The Labute approximate surface area is 131 Å². The zero-order valence-electron chi connectivity index (χ0n) is 10.9. The maximum Gasteiger partial charge on any atom is 0.174 e. The summed E-state index contributed by atoms with van der Waals surface area (Å²) in [5.74, 6) is 1.30. The van der Waals surface area contributed by atoms with Gasteiger partial charge in [-0.2, -0.15) is 0 Å². The second kappa shape index (κ2) is 7.14. The van der Waals surface area contributed by atoms with E-state index in [1.165, 1.54) is 6.21 Å². The molecule has 0 aromatic heterocycles. The monoisotopic (exact) mass is 383 g/mol. The van der Waals surface area contributed by atoms with Gasteiger partial charge in [-0.3, -0.25) is 0 Å². The molecule has 2 rings (SSSR count). The van der Waals surface area contributed by atoms with Crippen molar-refractivity contribution in [1.82, 2.24) is 0 Å². The van der Waals surface area contributed by atoms with E-state index in [4.69, 9.17) is 14.7 Å². The van der Waals surface area contributed by atoms with Crippen LogP contribution in [0.2, 0.25) is 0 Å². The van der Waals surface area contributed by atoms with Gasteiger partial charge in [0.2, 0.25) is 0 Å². The summed E-state index contributed by atoms with van der Waals surface area (Å²) in [5, 5.41) is 11.6. The van der Waals surface area contributed by atoms with Gasteiger partial charge >= 0.3 is 0 Å². The van der Waals surface area contributed by atoms with Gasteiger partial charge in [0.1, 0.15) is 6.61 Å². The highest BCUT2D eigenvalue weighted by Gasteiger charge is 2.11.